The van der Waals surface area contributed by atoms with E-state index in [-0.39, 0.29) is 23.8 Å². The molecule has 0 saturated carbocycles. The van der Waals surface area contributed by atoms with Crippen LogP contribution in [0.2, 0.25) is 0 Å². The molecule has 0 aliphatic rings. The van der Waals surface area contributed by atoms with Crippen LogP contribution < -0.4 is 20.2 Å². The van der Waals surface area contributed by atoms with E-state index >= 15 is 0 Å². The summed E-state index contributed by atoms with van der Waals surface area (Å²) in [7, 11) is -3.96. The number of para-hydroxylation sites is 1. The number of rotatable bonds is 12. The van der Waals surface area contributed by atoms with Crippen molar-refractivity contribution in [3.8, 4) is 5.75 Å². The molecule has 4 rings (SSSR count). The fourth-order valence-electron chi connectivity index (χ4n) is 3.67. The minimum atomic E-state index is -3.96. The number of ether oxygens (including phenoxy) is 1. The smallest absolute Gasteiger partial charge is 0.262 e. The lowest BCUT2D eigenvalue weighted by Crippen LogP contribution is -2.46. The number of hydrogen-bond donors (Lipinski definition) is 3. The second-order valence-electron chi connectivity index (χ2n) is 8.82. The third-order valence-corrected chi connectivity index (χ3v) is 7.92. The number of hydrazone groups is 1. The minimum absolute atomic E-state index is 0.0622. The summed E-state index contributed by atoms with van der Waals surface area (Å²) >= 11 is 2.09. The van der Waals surface area contributed by atoms with Gasteiger partial charge in [0.15, 0.2) is 6.61 Å². The van der Waals surface area contributed by atoms with E-state index in [9.17, 15) is 18.0 Å². The third-order valence-electron chi connectivity index (χ3n) is 5.72. The van der Waals surface area contributed by atoms with Crippen LogP contribution in [0.4, 0.5) is 5.69 Å². The first kappa shape index (κ1) is 29.9. The van der Waals surface area contributed by atoms with Gasteiger partial charge in [0.2, 0.25) is 10.0 Å². The zero-order chi connectivity index (χ0) is 29.1. The van der Waals surface area contributed by atoms with Crippen LogP contribution in [0.25, 0.3) is 0 Å². The summed E-state index contributed by atoms with van der Waals surface area (Å²) < 4.78 is 34.9. The molecule has 0 saturated heterocycles. The van der Waals surface area contributed by atoms with Crippen LogP contribution in [-0.2, 0) is 26.0 Å². The van der Waals surface area contributed by atoms with Crippen molar-refractivity contribution in [1.82, 2.24) is 10.1 Å². The molecule has 0 heterocycles. The summed E-state index contributed by atoms with van der Waals surface area (Å²) in [6, 6.07) is 30.2. The van der Waals surface area contributed by atoms with E-state index in [1.165, 1.54) is 18.3 Å². The van der Waals surface area contributed by atoms with Crippen molar-refractivity contribution in [3.63, 3.8) is 0 Å². The molecule has 0 aliphatic carbocycles. The van der Waals surface area contributed by atoms with E-state index in [0.717, 1.165) is 9.13 Å². The van der Waals surface area contributed by atoms with Crippen molar-refractivity contribution in [1.29, 1.82) is 0 Å². The highest BCUT2D eigenvalue weighted by atomic mass is 127. The Morgan fingerprint density at radius 2 is 1.49 bits per heavy atom. The van der Waals surface area contributed by atoms with Gasteiger partial charge in [0.25, 0.3) is 11.8 Å². The van der Waals surface area contributed by atoms with Gasteiger partial charge >= 0.3 is 0 Å². The maximum absolute atomic E-state index is 13.0. The Bertz CT molecular complexity index is 1580. The predicted molar refractivity (Wildman–Crippen MR) is 166 cm³/mol. The number of nitrogens with zero attached hydrogens (tertiary/aromatic N) is 1. The Morgan fingerprint density at radius 1 is 0.854 bits per heavy atom. The van der Waals surface area contributed by atoms with Crippen molar-refractivity contribution in [3.05, 3.63) is 124 Å². The lowest BCUT2D eigenvalue weighted by molar-refractivity contribution is -0.122. The molecular formula is C30H27IN4O5S. The summed E-state index contributed by atoms with van der Waals surface area (Å²) in [6.45, 7) is -0.153. The normalized spacial score (nSPS) is 12.0. The van der Waals surface area contributed by atoms with Crippen LogP contribution in [0.5, 0.6) is 5.75 Å². The van der Waals surface area contributed by atoms with E-state index in [2.05, 4.69) is 43.2 Å². The lowest BCUT2D eigenvalue weighted by Gasteiger charge is -2.17. The molecule has 2 amide bonds. The fourth-order valence-corrected chi connectivity index (χ4v) is 5.23. The molecule has 4 aromatic rings. The van der Waals surface area contributed by atoms with Crippen LogP contribution in [0, 0.1) is 3.57 Å². The van der Waals surface area contributed by atoms with Crippen LogP contribution in [0.3, 0.4) is 0 Å². The standard InChI is InChI=1S/C30H27IN4O5S/c31-24-13-17-27(18-14-24)41(38,39)35-28(19-22-7-3-1-4-8-22)30(37)34-32-20-23-11-15-26(16-12-23)40-21-29(36)33-25-9-5-2-6-10-25/h1-18,20,28,35H,19,21H2,(H,33,36)(H,34,37)/b32-20-/t28-/m1/s1. The zero-order valence-corrected chi connectivity index (χ0v) is 24.7. The number of halogens is 1. The number of nitrogens with one attached hydrogen (secondary N) is 3. The lowest BCUT2D eigenvalue weighted by atomic mass is 10.1. The highest BCUT2D eigenvalue weighted by Gasteiger charge is 2.26. The molecule has 1 atom stereocenters. The number of benzene rings is 4. The van der Waals surface area contributed by atoms with Gasteiger partial charge in [-0.15, -0.1) is 0 Å². The monoisotopic (exact) mass is 682 g/mol. The van der Waals surface area contributed by atoms with Crippen molar-refractivity contribution >= 4 is 56.3 Å². The molecule has 0 fully saturated rings. The Hall–Kier alpha value is -4.07. The van der Waals surface area contributed by atoms with Gasteiger partial charge in [-0.25, -0.2) is 13.8 Å². The number of carbonyl (C=O) groups excluding carboxylic acids is 2. The molecule has 0 aliphatic heterocycles. The molecule has 210 valence electrons. The molecule has 41 heavy (non-hydrogen) atoms. The van der Waals surface area contributed by atoms with Crippen LogP contribution in [0.1, 0.15) is 11.1 Å². The van der Waals surface area contributed by atoms with Crippen molar-refractivity contribution in [2.24, 2.45) is 5.10 Å². The maximum Gasteiger partial charge on any atom is 0.262 e. The van der Waals surface area contributed by atoms with Gasteiger partial charge in [-0.1, -0.05) is 48.5 Å². The zero-order valence-electron chi connectivity index (χ0n) is 21.7. The average molecular weight is 683 g/mol. The summed E-state index contributed by atoms with van der Waals surface area (Å²) in [4.78, 5) is 25.2. The molecule has 11 heteroatoms. The number of sulfonamides is 1. The molecule has 4 aromatic carbocycles. The molecule has 0 bridgehead atoms. The van der Waals surface area contributed by atoms with Crippen LogP contribution in [-0.4, -0.2) is 39.1 Å². The highest BCUT2D eigenvalue weighted by molar-refractivity contribution is 14.1. The molecule has 0 radical (unpaired) electrons. The third kappa shape index (κ3) is 9.52. The Morgan fingerprint density at radius 3 is 2.15 bits per heavy atom. The fraction of sp³-hybridized carbons (Fsp3) is 0.100. The van der Waals surface area contributed by atoms with Gasteiger partial charge in [0.05, 0.1) is 11.1 Å². The molecular weight excluding hydrogens is 655 g/mol. The molecule has 9 nitrogen and oxygen atoms in total. The maximum atomic E-state index is 13.0. The Labute approximate surface area is 252 Å². The summed E-state index contributed by atoms with van der Waals surface area (Å²) in [5.74, 6) is -0.404. The van der Waals surface area contributed by atoms with Gasteiger partial charge in [-0.3, -0.25) is 9.59 Å². The van der Waals surface area contributed by atoms with Gasteiger partial charge in [-0.2, -0.15) is 9.82 Å². The second-order valence-corrected chi connectivity index (χ2v) is 11.8. The van der Waals surface area contributed by atoms with E-state index in [4.69, 9.17) is 4.74 Å². The van der Waals surface area contributed by atoms with Gasteiger partial charge in [0.1, 0.15) is 11.8 Å². The van der Waals surface area contributed by atoms with Crippen molar-refractivity contribution in [2.45, 2.75) is 17.4 Å². The average Bonchev–Trinajstić information content (AvgIpc) is 2.97. The first-order valence-electron chi connectivity index (χ1n) is 12.5. The van der Waals surface area contributed by atoms with E-state index < -0.39 is 22.0 Å². The minimum Gasteiger partial charge on any atom is -0.484 e. The first-order chi connectivity index (χ1) is 19.8. The van der Waals surface area contributed by atoms with Crippen molar-refractivity contribution < 1.29 is 22.7 Å². The molecule has 0 spiro atoms. The van der Waals surface area contributed by atoms with Gasteiger partial charge < -0.3 is 10.1 Å². The second kappa shape index (κ2) is 14.5. The predicted octanol–water partition coefficient (Wildman–Crippen LogP) is 4.35. The number of anilines is 1. The molecule has 0 unspecified atom stereocenters. The van der Waals surface area contributed by atoms with Gasteiger partial charge in [0, 0.05) is 9.26 Å². The van der Waals surface area contributed by atoms with E-state index in [1.807, 2.05) is 48.5 Å². The van der Waals surface area contributed by atoms with Crippen LogP contribution in [0.15, 0.2) is 119 Å². The number of hydrogen-bond acceptors (Lipinski definition) is 6. The molecule has 0 aromatic heterocycles. The van der Waals surface area contributed by atoms with Gasteiger partial charge in [-0.05, 0) is 101 Å². The molecule has 3 N–H and O–H groups in total. The Balaban J connectivity index is 1.35. The number of carbonyl (C=O) groups is 2. The summed E-state index contributed by atoms with van der Waals surface area (Å²) in [5, 5.41) is 6.75. The summed E-state index contributed by atoms with van der Waals surface area (Å²) in [5.41, 5.74) is 4.56. The van der Waals surface area contributed by atoms with E-state index in [0.29, 0.717) is 17.0 Å². The summed E-state index contributed by atoms with van der Waals surface area (Å²) in [6.07, 6.45) is 1.56. The van der Waals surface area contributed by atoms with Crippen molar-refractivity contribution in [2.75, 3.05) is 11.9 Å². The topological polar surface area (TPSA) is 126 Å². The SMILES string of the molecule is O=C(COc1ccc(/C=N\NC(=O)[C@@H](Cc2ccccc2)NS(=O)(=O)c2ccc(I)cc2)cc1)Nc1ccccc1. The van der Waals surface area contributed by atoms with Crippen LogP contribution >= 0.6 is 22.6 Å². The Kier molecular flexibility index (Phi) is 10.6. The highest BCUT2D eigenvalue weighted by Crippen LogP contribution is 2.15. The quantitative estimate of drug-likeness (QED) is 0.117. The largest absolute Gasteiger partial charge is 0.484 e. The van der Waals surface area contributed by atoms with E-state index in [1.54, 1.807) is 48.5 Å². The number of amides is 2. The first-order valence-corrected chi connectivity index (χ1v) is 15.1.